The summed E-state index contributed by atoms with van der Waals surface area (Å²) in [6, 6.07) is 8.68. The Labute approximate surface area is 169 Å². The van der Waals surface area contributed by atoms with Crippen LogP contribution in [0, 0.1) is 0 Å². The van der Waals surface area contributed by atoms with Gasteiger partial charge in [-0.25, -0.2) is 8.42 Å². The first-order valence-electron chi connectivity index (χ1n) is 9.82. The molecular weight excluding hydrogens is 376 g/mol. The quantitative estimate of drug-likeness (QED) is 0.524. The zero-order chi connectivity index (χ0) is 20.6. The molecule has 0 radical (unpaired) electrons. The Morgan fingerprint density at radius 3 is 2.29 bits per heavy atom. The van der Waals surface area contributed by atoms with Crippen LogP contribution in [0.4, 0.5) is 0 Å². The SMILES string of the molecule is CN=C(NCCc1ccc(C(C)(C)C)cc1)NCCS(=O)(=O)N1CCOCC1. The van der Waals surface area contributed by atoms with Gasteiger partial charge in [-0.3, -0.25) is 4.99 Å². The number of ether oxygens (including phenoxy) is 1. The molecule has 0 bridgehead atoms. The highest BCUT2D eigenvalue weighted by molar-refractivity contribution is 7.89. The van der Waals surface area contributed by atoms with Crippen LogP contribution in [-0.2, 0) is 26.6 Å². The van der Waals surface area contributed by atoms with Gasteiger partial charge in [0.1, 0.15) is 0 Å². The lowest BCUT2D eigenvalue weighted by Gasteiger charge is -2.26. The van der Waals surface area contributed by atoms with Crippen LogP contribution in [0.15, 0.2) is 29.3 Å². The second kappa shape index (κ2) is 10.2. The van der Waals surface area contributed by atoms with E-state index >= 15 is 0 Å². The van der Waals surface area contributed by atoms with Gasteiger partial charge in [-0.1, -0.05) is 45.0 Å². The summed E-state index contributed by atoms with van der Waals surface area (Å²) in [5.74, 6) is 0.658. The van der Waals surface area contributed by atoms with E-state index in [1.165, 1.54) is 15.4 Å². The molecule has 0 aliphatic carbocycles. The third-order valence-electron chi connectivity index (χ3n) is 4.77. The fourth-order valence-electron chi connectivity index (χ4n) is 2.97. The van der Waals surface area contributed by atoms with Crippen molar-refractivity contribution in [2.24, 2.45) is 4.99 Å². The molecule has 0 unspecified atom stereocenters. The number of benzene rings is 1. The molecule has 2 N–H and O–H groups in total. The minimum absolute atomic E-state index is 0.0436. The lowest BCUT2D eigenvalue weighted by Crippen LogP contribution is -2.45. The second-order valence-electron chi connectivity index (χ2n) is 7.95. The number of hydrogen-bond donors (Lipinski definition) is 2. The van der Waals surface area contributed by atoms with Crippen molar-refractivity contribution in [1.29, 1.82) is 0 Å². The van der Waals surface area contributed by atoms with Crippen molar-refractivity contribution in [2.75, 3.05) is 52.2 Å². The molecule has 158 valence electrons. The molecule has 28 heavy (non-hydrogen) atoms. The van der Waals surface area contributed by atoms with E-state index < -0.39 is 10.0 Å². The normalized spacial score (nSPS) is 16.8. The van der Waals surface area contributed by atoms with Crippen molar-refractivity contribution in [3.63, 3.8) is 0 Å². The minimum atomic E-state index is -3.26. The predicted molar refractivity (Wildman–Crippen MR) is 114 cm³/mol. The van der Waals surface area contributed by atoms with Crippen LogP contribution in [0.1, 0.15) is 31.9 Å². The Kier molecular flexibility index (Phi) is 8.27. The van der Waals surface area contributed by atoms with Gasteiger partial charge in [0.25, 0.3) is 0 Å². The van der Waals surface area contributed by atoms with Gasteiger partial charge in [-0.2, -0.15) is 4.31 Å². The lowest BCUT2D eigenvalue weighted by atomic mass is 9.86. The number of aliphatic imine (C=N–C) groups is 1. The molecule has 8 heteroatoms. The molecule has 1 aliphatic heterocycles. The van der Waals surface area contributed by atoms with E-state index in [2.05, 4.69) is 60.7 Å². The molecule has 0 spiro atoms. The number of guanidine groups is 1. The van der Waals surface area contributed by atoms with Gasteiger partial charge in [0.15, 0.2) is 5.96 Å². The fraction of sp³-hybridized carbons (Fsp3) is 0.650. The van der Waals surface area contributed by atoms with Gasteiger partial charge in [0, 0.05) is 33.2 Å². The zero-order valence-electron chi connectivity index (χ0n) is 17.5. The van der Waals surface area contributed by atoms with E-state index in [-0.39, 0.29) is 11.2 Å². The van der Waals surface area contributed by atoms with E-state index in [0.717, 1.165) is 13.0 Å². The number of rotatable bonds is 7. The van der Waals surface area contributed by atoms with E-state index in [1.54, 1.807) is 7.05 Å². The Morgan fingerprint density at radius 2 is 1.71 bits per heavy atom. The molecule has 7 nitrogen and oxygen atoms in total. The lowest BCUT2D eigenvalue weighted by molar-refractivity contribution is 0.0730. The minimum Gasteiger partial charge on any atom is -0.379 e. The number of nitrogens with one attached hydrogen (secondary N) is 2. The van der Waals surface area contributed by atoms with Gasteiger partial charge in [-0.05, 0) is 23.0 Å². The first-order chi connectivity index (χ1) is 13.2. The van der Waals surface area contributed by atoms with Gasteiger partial charge >= 0.3 is 0 Å². The van der Waals surface area contributed by atoms with Gasteiger partial charge in [0.05, 0.1) is 19.0 Å². The highest BCUT2D eigenvalue weighted by Gasteiger charge is 2.23. The summed E-state index contributed by atoms with van der Waals surface area (Å²) in [6.45, 7) is 9.46. The molecule has 0 atom stereocenters. The average Bonchev–Trinajstić information content (AvgIpc) is 2.67. The zero-order valence-corrected chi connectivity index (χ0v) is 18.3. The molecule has 1 aliphatic rings. The maximum absolute atomic E-state index is 12.3. The summed E-state index contributed by atoms with van der Waals surface area (Å²) in [5.41, 5.74) is 2.73. The first-order valence-corrected chi connectivity index (χ1v) is 11.4. The molecule has 1 aromatic rings. The first kappa shape index (κ1) is 22.6. The van der Waals surface area contributed by atoms with Crippen molar-refractivity contribution in [1.82, 2.24) is 14.9 Å². The molecular formula is C20H34N4O3S. The summed E-state index contributed by atoms with van der Waals surface area (Å²) >= 11 is 0. The average molecular weight is 411 g/mol. The summed E-state index contributed by atoms with van der Waals surface area (Å²) in [7, 11) is -1.57. The number of hydrogen-bond acceptors (Lipinski definition) is 4. The summed E-state index contributed by atoms with van der Waals surface area (Å²) in [5, 5.41) is 6.32. The fourth-order valence-corrected chi connectivity index (χ4v) is 4.29. The maximum Gasteiger partial charge on any atom is 0.215 e. The summed E-state index contributed by atoms with van der Waals surface area (Å²) in [4.78, 5) is 4.16. The van der Waals surface area contributed by atoms with Crippen molar-refractivity contribution in [3.05, 3.63) is 35.4 Å². The van der Waals surface area contributed by atoms with Gasteiger partial charge in [-0.15, -0.1) is 0 Å². The Hall–Kier alpha value is -1.64. The Morgan fingerprint density at radius 1 is 1.11 bits per heavy atom. The molecule has 0 saturated carbocycles. The highest BCUT2D eigenvalue weighted by Crippen LogP contribution is 2.22. The standard InChI is InChI=1S/C20H34N4O3S/c1-20(2,3)18-7-5-17(6-8-18)9-10-22-19(21-4)23-11-16-28(25,26)24-12-14-27-15-13-24/h5-8H,9-16H2,1-4H3,(H2,21,22,23). The highest BCUT2D eigenvalue weighted by atomic mass is 32.2. The topological polar surface area (TPSA) is 83.0 Å². The molecule has 2 rings (SSSR count). The monoisotopic (exact) mass is 410 g/mol. The van der Waals surface area contributed by atoms with Crippen LogP contribution in [0.3, 0.4) is 0 Å². The molecule has 1 aromatic carbocycles. The van der Waals surface area contributed by atoms with Crippen LogP contribution in [0.5, 0.6) is 0 Å². The predicted octanol–water partition coefficient (Wildman–Crippen LogP) is 1.35. The van der Waals surface area contributed by atoms with Crippen molar-refractivity contribution in [3.8, 4) is 0 Å². The Bertz CT molecular complexity index is 734. The maximum atomic E-state index is 12.3. The second-order valence-corrected chi connectivity index (χ2v) is 10.0. The van der Waals surface area contributed by atoms with Crippen LogP contribution < -0.4 is 10.6 Å². The van der Waals surface area contributed by atoms with Crippen molar-refractivity contribution in [2.45, 2.75) is 32.6 Å². The van der Waals surface area contributed by atoms with Gasteiger partial charge < -0.3 is 15.4 Å². The van der Waals surface area contributed by atoms with Crippen molar-refractivity contribution >= 4 is 16.0 Å². The van der Waals surface area contributed by atoms with Crippen LogP contribution in [-0.4, -0.2) is 70.9 Å². The van der Waals surface area contributed by atoms with Crippen molar-refractivity contribution < 1.29 is 13.2 Å². The molecule has 1 saturated heterocycles. The molecule has 1 heterocycles. The molecule has 0 aromatic heterocycles. The van der Waals surface area contributed by atoms with Crippen LogP contribution in [0.25, 0.3) is 0 Å². The third kappa shape index (κ3) is 7.07. The van der Waals surface area contributed by atoms with E-state index in [9.17, 15) is 8.42 Å². The van der Waals surface area contributed by atoms with Crippen LogP contribution in [0.2, 0.25) is 0 Å². The number of morpholine rings is 1. The Balaban J connectivity index is 1.72. The largest absolute Gasteiger partial charge is 0.379 e. The van der Waals surface area contributed by atoms with E-state index in [1.807, 2.05) is 0 Å². The van der Waals surface area contributed by atoms with E-state index in [4.69, 9.17) is 4.74 Å². The molecule has 1 fully saturated rings. The van der Waals surface area contributed by atoms with E-state index in [0.29, 0.717) is 38.8 Å². The molecule has 0 amide bonds. The van der Waals surface area contributed by atoms with Gasteiger partial charge in [0.2, 0.25) is 10.0 Å². The smallest absolute Gasteiger partial charge is 0.215 e. The van der Waals surface area contributed by atoms with Crippen LogP contribution >= 0.6 is 0 Å². The summed E-state index contributed by atoms with van der Waals surface area (Å²) in [6.07, 6.45) is 0.872. The number of sulfonamides is 1. The third-order valence-corrected chi connectivity index (χ3v) is 6.64. The summed E-state index contributed by atoms with van der Waals surface area (Å²) < 4.78 is 31.3. The number of nitrogens with zero attached hydrogens (tertiary/aromatic N) is 2.